The van der Waals surface area contributed by atoms with Crippen LogP contribution in [0.15, 0.2) is 88.0 Å². The summed E-state index contributed by atoms with van der Waals surface area (Å²) in [6.45, 7) is 8.56. The molecule has 78 heavy (non-hydrogen) atoms. The number of aliphatic hydroxyl groups excluding tert-OH is 5. The number of imidazole rings is 1. The van der Waals surface area contributed by atoms with Gasteiger partial charge in [0, 0.05) is 65.1 Å². The van der Waals surface area contributed by atoms with Gasteiger partial charge in [-0.15, -0.1) is 0 Å². The van der Waals surface area contributed by atoms with Crippen molar-refractivity contribution in [3.05, 3.63) is 88.6 Å². The summed E-state index contributed by atoms with van der Waals surface area (Å²) in [6.07, 6.45) is 20.9. The molecule has 0 unspecified atom stereocenters. The average Bonchev–Trinajstić information content (AvgIpc) is 4.19. The maximum absolute atomic E-state index is 15.2. The molecule has 12 nitrogen and oxygen atoms in total. The first-order valence-electron chi connectivity index (χ1n) is 30.6. The second kappa shape index (κ2) is 20.1. The summed E-state index contributed by atoms with van der Waals surface area (Å²) < 4.78 is 2.33. The minimum Gasteiger partial charge on any atom is -0.396 e. The molecule has 0 amide bonds. The maximum atomic E-state index is 15.2. The summed E-state index contributed by atoms with van der Waals surface area (Å²) in [6, 6.07) is 10.7. The third-order valence-electron chi connectivity index (χ3n) is 24.2. The van der Waals surface area contributed by atoms with E-state index in [-0.39, 0.29) is 84.0 Å². The Hall–Kier alpha value is -2.95. The van der Waals surface area contributed by atoms with Gasteiger partial charge in [0.25, 0.3) is 0 Å². The summed E-state index contributed by atoms with van der Waals surface area (Å²) in [5.74, 6) is 0.352. The lowest BCUT2D eigenvalue weighted by Gasteiger charge is -2.65. The van der Waals surface area contributed by atoms with Crippen LogP contribution in [0.2, 0.25) is 0 Å². The van der Waals surface area contributed by atoms with E-state index < -0.39 is 58.7 Å². The zero-order valence-corrected chi connectivity index (χ0v) is 48.3. The van der Waals surface area contributed by atoms with Gasteiger partial charge >= 0.3 is 0 Å². The molecule has 21 atom stereocenters. The van der Waals surface area contributed by atoms with Crippen LogP contribution in [0.1, 0.15) is 148 Å². The third-order valence-corrected chi connectivity index (χ3v) is 27.2. The van der Waals surface area contributed by atoms with Gasteiger partial charge in [0.05, 0.1) is 36.8 Å². The van der Waals surface area contributed by atoms with Gasteiger partial charge in [-0.25, -0.2) is 4.98 Å². The average molecular weight is 1100 g/mol. The highest BCUT2D eigenvalue weighted by atomic mass is 33.1. The van der Waals surface area contributed by atoms with Crippen molar-refractivity contribution < 1.29 is 35.4 Å². The summed E-state index contributed by atoms with van der Waals surface area (Å²) in [4.78, 5) is 24.8. The Morgan fingerprint density at radius 3 is 2.56 bits per heavy atom. The number of fused-ring (bicyclic) bond motifs is 14. The number of nitrogens with one attached hydrogen (secondary N) is 1. The topological polar surface area (TPSA) is 207 Å². The van der Waals surface area contributed by atoms with Gasteiger partial charge in [0.1, 0.15) is 6.23 Å². The van der Waals surface area contributed by atoms with Crippen LogP contribution in [0.25, 0.3) is 0 Å². The monoisotopic (exact) mass is 1100 g/mol. The van der Waals surface area contributed by atoms with Crippen LogP contribution in [0.4, 0.5) is 0 Å². The predicted octanol–water partition coefficient (Wildman–Crippen LogP) is 9.12. The molecular weight excluding hydrogens is 1010 g/mol. The lowest BCUT2D eigenvalue weighted by atomic mass is 9.41. The van der Waals surface area contributed by atoms with E-state index >= 15 is 9.90 Å². The van der Waals surface area contributed by atoms with E-state index in [0.717, 1.165) is 63.0 Å². The summed E-state index contributed by atoms with van der Waals surface area (Å²) in [5.41, 5.74) is 11.1. The molecule has 1 saturated heterocycles. The van der Waals surface area contributed by atoms with Crippen molar-refractivity contribution in [2.45, 2.75) is 185 Å². The van der Waals surface area contributed by atoms with E-state index in [4.69, 9.17) is 10.7 Å². The molecule has 6 bridgehead atoms. The number of aliphatic hydroxyl groups is 6. The molecule has 1 spiro atoms. The van der Waals surface area contributed by atoms with Crippen molar-refractivity contribution in [3.63, 3.8) is 0 Å². The number of carbonyl (C=O) groups excluding carboxylic acids is 1. The van der Waals surface area contributed by atoms with Crippen LogP contribution in [-0.2, 0) is 11.2 Å². The molecule has 10 aliphatic carbocycles. The van der Waals surface area contributed by atoms with E-state index in [2.05, 4.69) is 72.2 Å². The minimum absolute atomic E-state index is 0.0843. The normalized spacial score (nSPS) is 45.9. The number of hydrogen-bond acceptors (Lipinski definition) is 11. The van der Waals surface area contributed by atoms with Crippen molar-refractivity contribution >= 4 is 33.3 Å². The number of nitrogens with two attached hydrogens (primary N) is 1. The van der Waals surface area contributed by atoms with Crippen LogP contribution in [-0.4, -0.2) is 106 Å². The number of rotatable bonds is 8. The molecule has 0 radical (unpaired) electrons. The standard InChI is InChI=1S/C64H89N5O7S2/c1-35(71)68-59(65)67-31-39-28-63(33-70)45-24-47(64(63,76)48-26-49(72)46-25-50(73)51(74)30-61(46,4)55(39)48)52(18-16-36-10-6-5-7-11-36)78-77-32-41(69-21-20-66-34-69)29-60(2,3)57-44-22-37-15-17-40-13-9-19-62(40,27-37)56(44)42-14-8-12-38-23-43(45)58(75)54(57)53(38)42/h5-7,10-11,20-21,26,34-35,37-41,43,45-47,50-52,54-56,58,70-71,73-76H,8-9,12-19,22-25,27-33H2,1-4H3,(H3,65,67,68)/t35-,37+,38-,39-,40-,41-,43-,45+,46-,47+,50+,51-,52+,54+,55-,56+,58-,61-,62-,63-,64+/m0/s1. The molecule has 11 aliphatic rings. The van der Waals surface area contributed by atoms with Crippen molar-refractivity contribution in [3.8, 4) is 0 Å². The molecule has 13 rings (SSSR count). The molecule has 1 aromatic heterocycles. The first-order valence-corrected chi connectivity index (χ1v) is 32.9. The third kappa shape index (κ3) is 8.28. The fraction of sp³-hybridized carbons (Fsp3) is 0.734. The molecule has 7 saturated carbocycles. The number of nitrogens with zero attached hydrogens (tertiary/aromatic N) is 3. The first kappa shape index (κ1) is 54.3. The van der Waals surface area contributed by atoms with E-state index in [0.29, 0.717) is 35.7 Å². The van der Waals surface area contributed by atoms with Crippen molar-refractivity contribution in [1.82, 2.24) is 14.9 Å². The predicted molar refractivity (Wildman–Crippen MR) is 307 cm³/mol. The molecule has 2 aromatic rings. The quantitative estimate of drug-likeness (QED) is 0.0410. The molecule has 14 heteroatoms. The minimum atomic E-state index is -1.69. The zero-order valence-electron chi connectivity index (χ0n) is 46.7. The van der Waals surface area contributed by atoms with Crippen molar-refractivity contribution in [1.29, 1.82) is 0 Å². The van der Waals surface area contributed by atoms with Gasteiger partial charge in [0.15, 0.2) is 11.7 Å². The highest BCUT2D eigenvalue weighted by molar-refractivity contribution is 8.76. The van der Waals surface area contributed by atoms with Crippen LogP contribution >= 0.6 is 21.6 Å². The fourth-order valence-electron chi connectivity index (χ4n) is 21.6. The van der Waals surface area contributed by atoms with E-state index in [1.165, 1.54) is 49.7 Å². The second-order valence-electron chi connectivity index (χ2n) is 28.3. The number of benzene rings is 1. The molecule has 2 heterocycles. The fourth-order valence-corrected chi connectivity index (χ4v) is 24.9. The Morgan fingerprint density at radius 1 is 0.974 bits per heavy atom. The first-order chi connectivity index (χ1) is 37.4. The van der Waals surface area contributed by atoms with Crippen LogP contribution in [0.5, 0.6) is 0 Å². The Bertz CT molecular complexity index is 2750. The lowest BCUT2D eigenvalue weighted by Crippen LogP contribution is -2.67. The molecule has 9 N–H and O–H groups in total. The number of aromatic nitrogens is 2. The Balaban J connectivity index is 1.03. The summed E-state index contributed by atoms with van der Waals surface area (Å²) in [5, 5.41) is 78.4. The number of aryl methyl sites for hydroxylation is 1. The summed E-state index contributed by atoms with van der Waals surface area (Å²) >= 11 is 0. The van der Waals surface area contributed by atoms with Gasteiger partial charge in [0.2, 0.25) is 0 Å². The molecule has 8 fully saturated rings. The van der Waals surface area contributed by atoms with Gasteiger partial charge in [-0.05, 0) is 191 Å². The number of carbonyl (C=O) groups is 1. The maximum Gasteiger partial charge on any atom is 0.190 e. The Labute approximate surface area is 470 Å². The molecule has 1 aromatic carbocycles. The highest BCUT2D eigenvalue weighted by Gasteiger charge is 2.76. The van der Waals surface area contributed by atoms with Crippen LogP contribution in [0.3, 0.4) is 0 Å². The van der Waals surface area contributed by atoms with Gasteiger partial charge in [-0.2, -0.15) is 0 Å². The number of allylic oxidation sites excluding steroid dienone is 3. The number of guanidine groups is 1. The van der Waals surface area contributed by atoms with Gasteiger partial charge < -0.3 is 46.3 Å². The number of aliphatic imine (C=N–C) groups is 1. The van der Waals surface area contributed by atoms with Gasteiger partial charge in [-0.3, -0.25) is 9.79 Å². The second-order valence-corrected chi connectivity index (χ2v) is 31.0. The Morgan fingerprint density at radius 2 is 1.79 bits per heavy atom. The van der Waals surface area contributed by atoms with Crippen molar-refractivity contribution in [2.75, 3.05) is 18.9 Å². The van der Waals surface area contributed by atoms with Crippen molar-refractivity contribution in [2.24, 2.45) is 97.5 Å². The number of ketones is 1. The molecule has 1 aliphatic heterocycles. The van der Waals surface area contributed by atoms with Crippen LogP contribution in [0, 0.1) is 86.8 Å². The largest absolute Gasteiger partial charge is 0.396 e. The van der Waals surface area contributed by atoms with E-state index in [1.807, 2.05) is 34.1 Å². The SMILES string of the molecule is C[C@H](O)NC(N)=NC[C@@H]1C[C@]2(CO)[C@@H]3C[C@H]([C@@H](CCc4ccccc4)SSC[C@@H](n4ccnc4)CC(C)(C)C4=C5C[C@H]6CC[C@@H]7CCC[C@@]7(C6)[C@@H]5C5=C6[C@@H](CCC5)C[C@@H]3[C@H](O)[C@H]64)[C@@]2(O)C2=CC(=O)[C@@H]3C[C@@H](O)[C@@H](O)C[C@]3(C)[C@H]21. The van der Waals surface area contributed by atoms with E-state index in [1.54, 1.807) is 29.7 Å². The molecule has 424 valence electrons. The lowest BCUT2D eigenvalue weighted by molar-refractivity contribution is -0.186. The Kier molecular flexibility index (Phi) is 14.0. The summed E-state index contributed by atoms with van der Waals surface area (Å²) in [7, 11) is 3.77. The van der Waals surface area contributed by atoms with Gasteiger partial charge in [-0.1, -0.05) is 101 Å². The number of hydrogen-bond donors (Lipinski definition) is 8. The van der Waals surface area contributed by atoms with Crippen LogP contribution < -0.4 is 11.1 Å². The van der Waals surface area contributed by atoms with E-state index in [9.17, 15) is 25.5 Å². The smallest absolute Gasteiger partial charge is 0.190 e. The highest BCUT2D eigenvalue weighted by Crippen LogP contribution is 2.76. The molecular formula is C64H89N5O7S2. The zero-order chi connectivity index (χ0) is 54.3.